The Morgan fingerprint density at radius 3 is 2.75 bits per heavy atom. The Kier molecular flexibility index (Phi) is 4.28. The average molecular weight is 297 g/mol. The summed E-state index contributed by atoms with van der Waals surface area (Å²) in [6.07, 6.45) is 1.30. The lowest BCUT2D eigenvalue weighted by Crippen LogP contribution is -2.49. The highest BCUT2D eigenvalue weighted by molar-refractivity contribution is 6.29. The van der Waals surface area contributed by atoms with Crippen molar-refractivity contribution in [3.63, 3.8) is 0 Å². The number of aromatic nitrogens is 1. The predicted molar refractivity (Wildman–Crippen MR) is 74.8 cm³/mol. The van der Waals surface area contributed by atoms with Crippen LogP contribution in [0.2, 0.25) is 5.15 Å². The zero-order valence-corrected chi connectivity index (χ0v) is 12.2. The first-order valence-electron chi connectivity index (χ1n) is 6.56. The van der Waals surface area contributed by atoms with Crippen molar-refractivity contribution in [1.82, 2.24) is 9.88 Å². The molecule has 0 aliphatic carbocycles. The van der Waals surface area contributed by atoms with Gasteiger partial charge in [0.05, 0.1) is 0 Å². The molecule has 0 radical (unpaired) electrons. The van der Waals surface area contributed by atoms with E-state index in [-0.39, 0.29) is 11.1 Å². The number of aryl methyl sites for hydroxylation is 1. The fraction of sp³-hybridized carbons (Fsp3) is 0.500. The zero-order chi connectivity index (χ0) is 14.9. The Hall–Kier alpha value is -1.62. The Morgan fingerprint density at radius 2 is 2.15 bits per heavy atom. The highest BCUT2D eigenvalue weighted by atomic mass is 35.5. The molecule has 2 rings (SSSR count). The maximum atomic E-state index is 12.5. The number of carboxylic acid groups (broad SMARTS) is 1. The van der Waals surface area contributed by atoms with Gasteiger partial charge < -0.3 is 10.0 Å². The minimum absolute atomic E-state index is 0.241. The number of pyridine rings is 1. The van der Waals surface area contributed by atoms with Crippen molar-refractivity contribution in [2.45, 2.75) is 32.7 Å². The number of hydrogen-bond acceptors (Lipinski definition) is 3. The quantitative estimate of drug-likeness (QED) is 0.851. The van der Waals surface area contributed by atoms with Crippen LogP contribution >= 0.6 is 11.6 Å². The average Bonchev–Trinajstić information content (AvgIpc) is 2.36. The van der Waals surface area contributed by atoms with Crippen LogP contribution in [-0.4, -0.2) is 39.5 Å². The molecule has 0 aromatic carbocycles. The van der Waals surface area contributed by atoms with Crippen LogP contribution in [0, 0.1) is 12.8 Å². The van der Waals surface area contributed by atoms with Crippen LogP contribution in [0.25, 0.3) is 0 Å². The lowest BCUT2D eigenvalue weighted by molar-refractivity contribution is -0.144. The fourth-order valence-corrected chi connectivity index (χ4v) is 2.79. The maximum Gasteiger partial charge on any atom is 0.326 e. The number of halogens is 1. The third-order valence-electron chi connectivity index (χ3n) is 3.58. The molecule has 1 fully saturated rings. The van der Waals surface area contributed by atoms with E-state index in [0.29, 0.717) is 30.1 Å². The number of rotatable bonds is 2. The number of piperidine rings is 1. The summed E-state index contributed by atoms with van der Waals surface area (Å²) in [5.74, 6) is -0.943. The largest absolute Gasteiger partial charge is 0.480 e. The summed E-state index contributed by atoms with van der Waals surface area (Å²) in [5, 5.41) is 9.54. The van der Waals surface area contributed by atoms with Gasteiger partial charge in [0.15, 0.2) is 0 Å². The first kappa shape index (κ1) is 14.8. The van der Waals surface area contributed by atoms with E-state index in [0.717, 1.165) is 6.42 Å². The van der Waals surface area contributed by atoms with Crippen LogP contribution in [-0.2, 0) is 4.79 Å². The number of amides is 1. The number of carboxylic acids is 1. The maximum absolute atomic E-state index is 12.5. The second kappa shape index (κ2) is 5.79. The van der Waals surface area contributed by atoms with E-state index < -0.39 is 12.0 Å². The second-order valence-corrected chi connectivity index (χ2v) is 5.69. The molecule has 1 aromatic heterocycles. The smallest absolute Gasteiger partial charge is 0.326 e. The topological polar surface area (TPSA) is 70.5 Å². The summed E-state index contributed by atoms with van der Waals surface area (Å²) >= 11 is 5.86. The van der Waals surface area contributed by atoms with Crippen LogP contribution in [0.1, 0.15) is 35.8 Å². The zero-order valence-electron chi connectivity index (χ0n) is 11.5. The van der Waals surface area contributed by atoms with Crippen molar-refractivity contribution in [3.8, 4) is 0 Å². The van der Waals surface area contributed by atoms with Gasteiger partial charge in [-0.05, 0) is 37.8 Å². The summed E-state index contributed by atoms with van der Waals surface area (Å²) in [5.41, 5.74) is 1.03. The molecule has 20 heavy (non-hydrogen) atoms. The van der Waals surface area contributed by atoms with Gasteiger partial charge in [0, 0.05) is 17.8 Å². The highest BCUT2D eigenvalue weighted by Gasteiger charge is 2.35. The monoisotopic (exact) mass is 296 g/mol. The van der Waals surface area contributed by atoms with E-state index in [9.17, 15) is 14.7 Å². The summed E-state index contributed by atoms with van der Waals surface area (Å²) in [6.45, 7) is 4.21. The van der Waals surface area contributed by atoms with E-state index in [1.807, 2.05) is 6.92 Å². The molecule has 2 unspecified atom stereocenters. The first-order chi connectivity index (χ1) is 9.38. The Labute approximate surface area is 122 Å². The van der Waals surface area contributed by atoms with E-state index in [2.05, 4.69) is 4.98 Å². The van der Waals surface area contributed by atoms with Crippen molar-refractivity contribution in [1.29, 1.82) is 0 Å². The van der Waals surface area contributed by atoms with Gasteiger partial charge in [0.25, 0.3) is 5.91 Å². The third kappa shape index (κ3) is 3.10. The number of hydrogen-bond donors (Lipinski definition) is 1. The van der Waals surface area contributed by atoms with Crippen molar-refractivity contribution >= 4 is 23.5 Å². The van der Waals surface area contributed by atoms with Crippen LogP contribution in [0.3, 0.4) is 0 Å². The molecule has 5 nitrogen and oxygen atoms in total. The van der Waals surface area contributed by atoms with Crippen LogP contribution < -0.4 is 0 Å². The lowest BCUT2D eigenvalue weighted by atomic mass is 9.92. The second-order valence-electron chi connectivity index (χ2n) is 5.30. The number of carbonyl (C=O) groups excluding carboxylic acids is 1. The van der Waals surface area contributed by atoms with E-state index in [1.165, 1.54) is 11.0 Å². The van der Waals surface area contributed by atoms with E-state index >= 15 is 0 Å². The number of nitrogens with zero attached hydrogens (tertiary/aromatic N) is 2. The first-order valence-corrected chi connectivity index (χ1v) is 6.94. The van der Waals surface area contributed by atoms with Crippen molar-refractivity contribution in [2.24, 2.45) is 5.92 Å². The van der Waals surface area contributed by atoms with Gasteiger partial charge in [0.1, 0.15) is 11.2 Å². The molecule has 108 valence electrons. The standard InChI is InChI=1S/C14H17ClN2O3/c1-8-3-4-17(11(5-8)14(19)20)13(18)10-6-9(2)16-12(15)7-10/h6-8,11H,3-5H2,1-2H3,(H,19,20). The molecule has 1 aromatic rings. The molecule has 1 N–H and O–H groups in total. The normalized spacial score (nSPS) is 22.6. The minimum Gasteiger partial charge on any atom is -0.480 e. The summed E-state index contributed by atoms with van der Waals surface area (Å²) in [6, 6.07) is 2.34. The van der Waals surface area contributed by atoms with Gasteiger partial charge in [-0.25, -0.2) is 9.78 Å². The van der Waals surface area contributed by atoms with Gasteiger partial charge in [0.2, 0.25) is 0 Å². The van der Waals surface area contributed by atoms with E-state index in [4.69, 9.17) is 11.6 Å². The number of likely N-dealkylation sites (tertiary alicyclic amines) is 1. The molecule has 1 saturated heterocycles. The molecule has 6 heteroatoms. The van der Waals surface area contributed by atoms with Gasteiger partial charge in [-0.2, -0.15) is 0 Å². The SMILES string of the molecule is Cc1cc(C(=O)N2CCC(C)CC2C(=O)O)cc(Cl)n1. The molecular formula is C14H17ClN2O3. The molecule has 1 aliphatic heterocycles. The molecular weight excluding hydrogens is 280 g/mol. The van der Waals surface area contributed by atoms with Gasteiger partial charge in [-0.15, -0.1) is 0 Å². The van der Waals surface area contributed by atoms with Gasteiger partial charge in [-0.1, -0.05) is 18.5 Å². The molecule has 0 saturated carbocycles. The molecule has 2 heterocycles. The molecule has 1 aliphatic rings. The summed E-state index contributed by atoms with van der Waals surface area (Å²) in [7, 11) is 0. The van der Waals surface area contributed by atoms with Gasteiger partial charge in [-0.3, -0.25) is 4.79 Å². The Morgan fingerprint density at radius 1 is 1.45 bits per heavy atom. The third-order valence-corrected chi connectivity index (χ3v) is 3.77. The summed E-state index contributed by atoms with van der Waals surface area (Å²) < 4.78 is 0. The minimum atomic E-state index is -0.957. The highest BCUT2D eigenvalue weighted by Crippen LogP contribution is 2.25. The number of aliphatic carboxylic acids is 1. The molecule has 0 spiro atoms. The summed E-state index contributed by atoms with van der Waals surface area (Å²) in [4.78, 5) is 29.3. The van der Waals surface area contributed by atoms with Crippen molar-refractivity contribution in [2.75, 3.05) is 6.54 Å². The molecule has 0 bridgehead atoms. The van der Waals surface area contributed by atoms with Crippen molar-refractivity contribution in [3.05, 3.63) is 28.5 Å². The predicted octanol–water partition coefficient (Wildman–Crippen LogP) is 2.37. The fourth-order valence-electron chi connectivity index (χ4n) is 2.54. The Bertz CT molecular complexity index is 527. The molecule has 2 atom stereocenters. The van der Waals surface area contributed by atoms with Gasteiger partial charge >= 0.3 is 5.97 Å². The van der Waals surface area contributed by atoms with E-state index in [1.54, 1.807) is 13.0 Å². The lowest BCUT2D eigenvalue weighted by Gasteiger charge is -2.36. The van der Waals surface area contributed by atoms with Crippen LogP contribution in [0.15, 0.2) is 12.1 Å². The Balaban J connectivity index is 2.28. The van der Waals surface area contributed by atoms with Crippen LogP contribution in [0.4, 0.5) is 0 Å². The van der Waals surface area contributed by atoms with Crippen molar-refractivity contribution < 1.29 is 14.7 Å². The van der Waals surface area contributed by atoms with Crippen LogP contribution in [0.5, 0.6) is 0 Å². The number of carbonyl (C=O) groups is 2. The molecule has 1 amide bonds.